The molecule has 138 valence electrons. The van der Waals surface area contributed by atoms with E-state index in [0.717, 1.165) is 5.69 Å². The molecule has 1 heterocycles. The van der Waals surface area contributed by atoms with E-state index in [1.54, 1.807) is 36.4 Å². The van der Waals surface area contributed by atoms with Crippen molar-refractivity contribution in [2.45, 2.75) is 6.92 Å². The van der Waals surface area contributed by atoms with Crippen LogP contribution >= 0.6 is 11.6 Å². The molecule has 0 saturated heterocycles. The molecule has 2 aromatic carbocycles. The third-order valence-corrected chi connectivity index (χ3v) is 4.16. The van der Waals surface area contributed by atoms with E-state index in [0.29, 0.717) is 27.7 Å². The van der Waals surface area contributed by atoms with Crippen molar-refractivity contribution in [3.63, 3.8) is 0 Å². The molecule has 0 fully saturated rings. The summed E-state index contributed by atoms with van der Waals surface area (Å²) in [7, 11) is 1.50. The van der Waals surface area contributed by atoms with Gasteiger partial charge in [0.15, 0.2) is 0 Å². The lowest BCUT2D eigenvalue weighted by atomic mass is 10.1. The van der Waals surface area contributed by atoms with Gasteiger partial charge in [0.1, 0.15) is 5.75 Å². The largest absolute Gasteiger partial charge is 0.496 e. The minimum absolute atomic E-state index is 0.158. The van der Waals surface area contributed by atoms with Crippen LogP contribution in [0.15, 0.2) is 60.9 Å². The molecule has 2 N–H and O–H groups in total. The number of anilines is 2. The van der Waals surface area contributed by atoms with Gasteiger partial charge in [0.2, 0.25) is 5.91 Å². The number of aromatic nitrogens is 1. The number of benzene rings is 2. The van der Waals surface area contributed by atoms with Crippen LogP contribution in [0.5, 0.6) is 5.75 Å². The molecule has 0 atom stereocenters. The molecule has 7 heteroatoms. The number of hydrogen-bond acceptors (Lipinski definition) is 3. The molecule has 0 aliphatic heterocycles. The van der Waals surface area contributed by atoms with Crippen molar-refractivity contribution in [1.82, 2.24) is 4.57 Å². The van der Waals surface area contributed by atoms with Gasteiger partial charge in [0.05, 0.1) is 23.4 Å². The van der Waals surface area contributed by atoms with Crippen LogP contribution in [0.1, 0.15) is 17.3 Å². The van der Waals surface area contributed by atoms with Gasteiger partial charge in [0, 0.05) is 36.8 Å². The molecule has 2 amide bonds. The normalized spacial score (nSPS) is 10.3. The molecule has 0 spiro atoms. The molecule has 0 saturated carbocycles. The van der Waals surface area contributed by atoms with E-state index < -0.39 is 0 Å². The first-order chi connectivity index (χ1) is 13.0. The van der Waals surface area contributed by atoms with Crippen LogP contribution in [0.4, 0.5) is 11.4 Å². The smallest absolute Gasteiger partial charge is 0.259 e. The Bertz CT molecular complexity index is 967. The minimum Gasteiger partial charge on any atom is -0.496 e. The summed E-state index contributed by atoms with van der Waals surface area (Å²) in [5, 5.41) is 5.90. The van der Waals surface area contributed by atoms with Crippen LogP contribution in [-0.2, 0) is 4.79 Å². The fraction of sp³-hybridized carbons (Fsp3) is 0.100. The van der Waals surface area contributed by atoms with Crippen LogP contribution < -0.4 is 15.4 Å². The number of halogens is 1. The number of amides is 2. The summed E-state index contributed by atoms with van der Waals surface area (Å²) in [5.41, 5.74) is 2.28. The van der Waals surface area contributed by atoms with Crippen molar-refractivity contribution < 1.29 is 14.3 Å². The average molecular weight is 384 g/mol. The van der Waals surface area contributed by atoms with E-state index in [1.807, 2.05) is 29.1 Å². The van der Waals surface area contributed by atoms with Crippen LogP contribution in [0.2, 0.25) is 5.02 Å². The standard InChI is InChI=1S/C20H18ClN3O3/c1-13(25)22-14-5-7-15(8-6-14)23-20(26)16-11-17(21)18(12-19(16)27-2)24-9-3-4-10-24/h3-12H,1-2H3,(H,22,25)(H,23,26). The predicted molar refractivity (Wildman–Crippen MR) is 106 cm³/mol. The fourth-order valence-electron chi connectivity index (χ4n) is 2.62. The summed E-state index contributed by atoms with van der Waals surface area (Å²) < 4.78 is 7.22. The number of methoxy groups -OCH3 is 1. The number of carbonyl (C=O) groups excluding carboxylic acids is 2. The molecule has 0 unspecified atom stereocenters. The Morgan fingerprint density at radius 3 is 2.15 bits per heavy atom. The molecule has 3 aromatic rings. The second-order valence-electron chi connectivity index (χ2n) is 5.81. The first kappa shape index (κ1) is 18.5. The Morgan fingerprint density at radius 2 is 1.59 bits per heavy atom. The third-order valence-electron chi connectivity index (χ3n) is 3.86. The maximum Gasteiger partial charge on any atom is 0.259 e. The van der Waals surface area contributed by atoms with E-state index in [-0.39, 0.29) is 11.8 Å². The first-order valence-electron chi connectivity index (χ1n) is 8.18. The molecule has 0 aliphatic carbocycles. The molecule has 3 rings (SSSR count). The fourth-order valence-corrected chi connectivity index (χ4v) is 2.88. The second kappa shape index (κ2) is 7.97. The average Bonchev–Trinajstić information content (AvgIpc) is 3.17. The topological polar surface area (TPSA) is 72.4 Å². The minimum atomic E-state index is -0.347. The Hall–Kier alpha value is -3.25. The highest BCUT2D eigenvalue weighted by molar-refractivity contribution is 6.33. The van der Waals surface area contributed by atoms with E-state index in [9.17, 15) is 9.59 Å². The zero-order valence-electron chi connectivity index (χ0n) is 14.8. The highest BCUT2D eigenvalue weighted by atomic mass is 35.5. The lowest BCUT2D eigenvalue weighted by Crippen LogP contribution is -2.14. The Morgan fingerprint density at radius 1 is 1.00 bits per heavy atom. The number of nitrogens with zero attached hydrogens (tertiary/aromatic N) is 1. The van der Waals surface area contributed by atoms with Gasteiger partial charge < -0.3 is 19.9 Å². The highest BCUT2D eigenvalue weighted by Crippen LogP contribution is 2.30. The molecular weight excluding hydrogens is 366 g/mol. The van der Waals surface area contributed by atoms with Gasteiger partial charge in [-0.1, -0.05) is 11.6 Å². The summed E-state index contributed by atoms with van der Waals surface area (Å²) in [6, 6.07) is 13.9. The van der Waals surface area contributed by atoms with E-state index in [1.165, 1.54) is 14.0 Å². The summed E-state index contributed by atoms with van der Waals surface area (Å²) in [4.78, 5) is 23.7. The number of ether oxygens (including phenoxy) is 1. The van der Waals surface area contributed by atoms with E-state index >= 15 is 0 Å². The van der Waals surface area contributed by atoms with Crippen molar-refractivity contribution in [2.24, 2.45) is 0 Å². The van der Waals surface area contributed by atoms with Gasteiger partial charge in [-0.2, -0.15) is 0 Å². The maximum atomic E-state index is 12.7. The Balaban J connectivity index is 1.84. The predicted octanol–water partition coefficient (Wildman–Crippen LogP) is 4.35. The first-order valence-corrected chi connectivity index (χ1v) is 8.55. The van der Waals surface area contributed by atoms with E-state index in [4.69, 9.17) is 16.3 Å². The second-order valence-corrected chi connectivity index (χ2v) is 6.21. The SMILES string of the molecule is COc1cc(-n2cccc2)c(Cl)cc1C(=O)Nc1ccc(NC(C)=O)cc1. The zero-order valence-corrected chi connectivity index (χ0v) is 15.6. The summed E-state index contributed by atoms with van der Waals surface area (Å²) >= 11 is 6.37. The Labute approximate surface area is 161 Å². The number of rotatable bonds is 5. The van der Waals surface area contributed by atoms with Gasteiger partial charge in [-0.25, -0.2) is 0 Å². The number of nitrogens with one attached hydrogen (secondary N) is 2. The van der Waals surface area contributed by atoms with Crippen molar-refractivity contribution in [2.75, 3.05) is 17.7 Å². The lowest BCUT2D eigenvalue weighted by Gasteiger charge is -2.14. The zero-order chi connectivity index (χ0) is 19.4. The summed E-state index contributed by atoms with van der Waals surface area (Å²) in [5.74, 6) is -0.0931. The van der Waals surface area contributed by atoms with Gasteiger partial charge >= 0.3 is 0 Å². The van der Waals surface area contributed by atoms with Gasteiger partial charge in [-0.15, -0.1) is 0 Å². The summed E-state index contributed by atoms with van der Waals surface area (Å²) in [6.45, 7) is 1.43. The van der Waals surface area contributed by atoms with Crippen molar-refractivity contribution in [3.8, 4) is 11.4 Å². The molecule has 6 nitrogen and oxygen atoms in total. The Kier molecular flexibility index (Phi) is 5.47. The number of hydrogen-bond donors (Lipinski definition) is 2. The van der Waals surface area contributed by atoms with Crippen LogP contribution in [0, 0.1) is 0 Å². The number of carbonyl (C=O) groups is 2. The van der Waals surface area contributed by atoms with Crippen LogP contribution in [-0.4, -0.2) is 23.5 Å². The van der Waals surface area contributed by atoms with Gasteiger partial charge in [-0.05, 0) is 42.5 Å². The molecule has 0 radical (unpaired) electrons. The molecule has 1 aromatic heterocycles. The van der Waals surface area contributed by atoms with Crippen molar-refractivity contribution in [1.29, 1.82) is 0 Å². The van der Waals surface area contributed by atoms with Crippen LogP contribution in [0.3, 0.4) is 0 Å². The highest BCUT2D eigenvalue weighted by Gasteiger charge is 2.17. The van der Waals surface area contributed by atoms with Crippen molar-refractivity contribution in [3.05, 3.63) is 71.5 Å². The maximum absolute atomic E-state index is 12.7. The summed E-state index contributed by atoms with van der Waals surface area (Å²) in [6.07, 6.45) is 3.72. The van der Waals surface area contributed by atoms with Crippen molar-refractivity contribution >= 4 is 34.8 Å². The molecular formula is C20H18ClN3O3. The van der Waals surface area contributed by atoms with Crippen LogP contribution in [0.25, 0.3) is 5.69 Å². The third kappa shape index (κ3) is 4.30. The lowest BCUT2D eigenvalue weighted by molar-refractivity contribution is -0.114. The molecule has 0 bridgehead atoms. The van der Waals surface area contributed by atoms with Gasteiger partial charge in [-0.3, -0.25) is 9.59 Å². The molecule has 27 heavy (non-hydrogen) atoms. The van der Waals surface area contributed by atoms with E-state index in [2.05, 4.69) is 10.6 Å². The van der Waals surface area contributed by atoms with Gasteiger partial charge in [0.25, 0.3) is 5.91 Å². The molecule has 0 aliphatic rings. The quantitative estimate of drug-likeness (QED) is 0.688. The monoisotopic (exact) mass is 383 g/mol.